The quantitative estimate of drug-likeness (QED) is 0.411. The van der Waals surface area contributed by atoms with Crippen LogP contribution in [0, 0.1) is 13.8 Å². The van der Waals surface area contributed by atoms with Crippen LogP contribution in [0.2, 0.25) is 0 Å². The monoisotopic (exact) mass is 401 g/mol. The summed E-state index contributed by atoms with van der Waals surface area (Å²) in [4.78, 5) is 27.0. The summed E-state index contributed by atoms with van der Waals surface area (Å²) in [5.41, 5.74) is 4.46. The summed E-state index contributed by atoms with van der Waals surface area (Å²) in [6.07, 6.45) is 5.35. The molecule has 0 atom stereocenters. The maximum Gasteiger partial charge on any atom is 0.270 e. The summed E-state index contributed by atoms with van der Waals surface area (Å²) in [6, 6.07) is 17.4. The van der Waals surface area contributed by atoms with Gasteiger partial charge in [0.1, 0.15) is 5.57 Å². The zero-order valence-electron chi connectivity index (χ0n) is 16.0. The van der Waals surface area contributed by atoms with Crippen LogP contribution in [0.5, 0.6) is 0 Å². The minimum absolute atomic E-state index is 0.0450. The first-order valence-electron chi connectivity index (χ1n) is 9.15. The SMILES string of the molecule is Cc1cc(C)cc(N2C(=O)/C(=C\c3ccn(-c4ccccc4)c3)C(=O)NC2=S)c1. The Morgan fingerprint density at radius 2 is 1.62 bits per heavy atom. The average Bonchev–Trinajstić information content (AvgIpc) is 3.14. The van der Waals surface area contributed by atoms with Crippen molar-refractivity contribution in [3.63, 3.8) is 0 Å². The summed E-state index contributed by atoms with van der Waals surface area (Å²) < 4.78 is 1.93. The molecule has 1 saturated heterocycles. The van der Waals surface area contributed by atoms with Crippen molar-refractivity contribution >= 4 is 40.9 Å². The van der Waals surface area contributed by atoms with Crippen molar-refractivity contribution in [3.8, 4) is 5.69 Å². The second kappa shape index (κ2) is 7.48. The predicted octanol–water partition coefficient (Wildman–Crippen LogP) is 3.93. The molecule has 4 rings (SSSR count). The topological polar surface area (TPSA) is 54.3 Å². The van der Waals surface area contributed by atoms with E-state index in [2.05, 4.69) is 5.32 Å². The van der Waals surface area contributed by atoms with Crippen LogP contribution in [0.1, 0.15) is 16.7 Å². The number of hydrogen-bond donors (Lipinski definition) is 1. The summed E-state index contributed by atoms with van der Waals surface area (Å²) in [5.74, 6) is -0.927. The van der Waals surface area contributed by atoms with Crippen LogP contribution in [0.15, 0.2) is 72.6 Å². The number of nitrogens with zero attached hydrogens (tertiary/aromatic N) is 2. The highest BCUT2D eigenvalue weighted by Crippen LogP contribution is 2.24. The molecule has 29 heavy (non-hydrogen) atoms. The number of aryl methyl sites for hydroxylation is 2. The standard InChI is InChI=1S/C23H19N3O2S/c1-15-10-16(2)12-19(11-15)26-22(28)20(21(27)24-23(26)29)13-17-8-9-25(14-17)18-6-4-3-5-7-18/h3-14H,1-2H3,(H,24,27,29)/b20-13-. The van der Waals surface area contributed by atoms with E-state index in [1.807, 2.05) is 85.4 Å². The molecule has 3 aromatic rings. The third kappa shape index (κ3) is 3.75. The van der Waals surface area contributed by atoms with Gasteiger partial charge in [-0.15, -0.1) is 0 Å². The molecule has 0 unspecified atom stereocenters. The predicted molar refractivity (Wildman–Crippen MR) is 118 cm³/mol. The van der Waals surface area contributed by atoms with Gasteiger partial charge in [0.15, 0.2) is 5.11 Å². The summed E-state index contributed by atoms with van der Waals surface area (Å²) in [6.45, 7) is 3.91. The Morgan fingerprint density at radius 1 is 0.931 bits per heavy atom. The number of para-hydroxylation sites is 1. The van der Waals surface area contributed by atoms with Gasteiger partial charge >= 0.3 is 0 Å². The van der Waals surface area contributed by atoms with Gasteiger partial charge < -0.3 is 4.57 Å². The van der Waals surface area contributed by atoms with Crippen LogP contribution < -0.4 is 10.2 Å². The number of hydrogen-bond acceptors (Lipinski definition) is 3. The fourth-order valence-corrected chi connectivity index (χ4v) is 3.68. The molecule has 1 fully saturated rings. The van der Waals surface area contributed by atoms with Gasteiger partial charge in [0.2, 0.25) is 0 Å². The molecule has 144 valence electrons. The third-order valence-electron chi connectivity index (χ3n) is 4.65. The zero-order chi connectivity index (χ0) is 20.5. The van der Waals surface area contributed by atoms with E-state index in [4.69, 9.17) is 12.2 Å². The third-order valence-corrected chi connectivity index (χ3v) is 4.93. The highest BCUT2D eigenvalue weighted by molar-refractivity contribution is 7.80. The van der Waals surface area contributed by atoms with Crippen LogP contribution in [0.25, 0.3) is 11.8 Å². The van der Waals surface area contributed by atoms with Gasteiger partial charge in [0.25, 0.3) is 11.8 Å². The summed E-state index contributed by atoms with van der Waals surface area (Å²) in [5, 5.41) is 2.72. The Hall–Kier alpha value is -3.51. The summed E-state index contributed by atoms with van der Waals surface area (Å²) in [7, 11) is 0. The van der Waals surface area contributed by atoms with Gasteiger partial charge in [-0.05, 0) is 79.2 Å². The Labute approximate surface area is 174 Å². The molecule has 0 aliphatic carbocycles. The maximum absolute atomic E-state index is 13.2. The van der Waals surface area contributed by atoms with Gasteiger partial charge in [0.05, 0.1) is 5.69 Å². The number of aromatic nitrogens is 1. The Bertz CT molecular complexity index is 1140. The van der Waals surface area contributed by atoms with Crippen LogP contribution in [0.4, 0.5) is 5.69 Å². The fraction of sp³-hybridized carbons (Fsp3) is 0.0870. The minimum Gasteiger partial charge on any atom is -0.323 e. The molecule has 2 heterocycles. The molecule has 1 aliphatic rings. The minimum atomic E-state index is -0.493. The molecule has 0 spiro atoms. The molecule has 0 bridgehead atoms. The first kappa shape index (κ1) is 18.8. The lowest BCUT2D eigenvalue weighted by Crippen LogP contribution is -2.54. The molecule has 1 aliphatic heterocycles. The van der Waals surface area contributed by atoms with Crippen molar-refractivity contribution in [2.24, 2.45) is 0 Å². The smallest absolute Gasteiger partial charge is 0.270 e. The number of thiocarbonyl (C=S) groups is 1. The van der Waals surface area contributed by atoms with E-state index in [0.717, 1.165) is 22.4 Å². The lowest BCUT2D eigenvalue weighted by atomic mass is 10.1. The number of rotatable bonds is 3. The second-order valence-electron chi connectivity index (χ2n) is 6.99. The van der Waals surface area contributed by atoms with E-state index in [9.17, 15) is 9.59 Å². The number of amides is 2. The van der Waals surface area contributed by atoms with Crippen molar-refractivity contribution in [2.75, 3.05) is 4.90 Å². The van der Waals surface area contributed by atoms with Gasteiger partial charge in [-0.2, -0.15) is 0 Å². The lowest BCUT2D eigenvalue weighted by molar-refractivity contribution is -0.122. The molecule has 1 N–H and O–H groups in total. The van der Waals surface area contributed by atoms with Gasteiger partial charge in [-0.1, -0.05) is 24.3 Å². The number of anilines is 1. The van der Waals surface area contributed by atoms with Crippen molar-refractivity contribution in [2.45, 2.75) is 13.8 Å². The fourth-order valence-electron chi connectivity index (χ4n) is 3.40. The van der Waals surface area contributed by atoms with E-state index < -0.39 is 11.8 Å². The molecule has 5 nitrogen and oxygen atoms in total. The van der Waals surface area contributed by atoms with Gasteiger partial charge in [-0.25, -0.2) is 0 Å². The van der Waals surface area contributed by atoms with E-state index in [1.165, 1.54) is 4.90 Å². The molecular weight excluding hydrogens is 382 g/mol. The van der Waals surface area contributed by atoms with Crippen LogP contribution in [0.3, 0.4) is 0 Å². The normalized spacial score (nSPS) is 15.7. The molecule has 0 saturated carbocycles. The molecule has 0 radical (unpaired) electrons. The molecule has 2 aromatic carbocycles. The van der Waals surface area contributed by atoms with E-state index >= 15 is 0 Å². The van der Waals surface area contributed by atoms with Crippen LogP contribution in [-0.2, 0) is 9.59 Å². The summed E-state index contributed by atoms with van der Waals surface area (Å²) >= 11 is 5.28. The first-order valence-corrected chi connectivity index (χ1v) is 9.56. The van der Waals surface area contributed by atoms with Crippen molar-refractivity contribution in [1.29, 1.82) is 0 Å². The molecule has 6 heteroatoms. The van der Waals surface area contributed by atoms with E-state index in [-0.39, 0.29) is 10.7 Å². The van der Waals surface area contributed by atoms with Gasteiger partial charge in [0, 0.05) is 18.1 Å². The Kier molecular flexibility index (Phi) is 4.86. The van der Waals surface area contributed by atoms with E-state index in [1.54, 1.807) is 6.08 Å². The second-order valence-corrected chi connectivity index (χ2v) is 7.38. The number of nitrogens with one attached hydrogen (secondary N) is 1. The van der Waals surface area contributed by atoms with Crippen molar-refractivity contribution in [3.05, 3.63) is 89.3 Å². The average molecular weight is 401 g/mol. The highest BCUT2D eigenvalue weighted by Gasteiger charge is 2.34. The lowest BCUT2D eigenvalue weighted by Gasteiger charge is -2.29. The Morgan fingerprint density at radius 3 is 2.31 bits per heavy atom. The number of carbonyl (C=O) groups is 2. The van der Waals surface area contributed by atoms with Crippen molar-refractivity contribution in [1.82, 2.24) is 9.88 Å². The van der Waals surface area contributed by atoms with Crippen molar-refractivity contribution < 1.29 is 9.59 Å². The van der Waals surface area contributed by atoms with E-state index in [0.29, 0.717) is 5.69 Å². The van der Waals surface area contributed by atoms with Gasteiger partial charge in [-0.3, -0.25) is 19.8 Å². The molecular formula is C23H19N3O2S. The largest absolute Gasteiger partial charge is 0.323 e. The number of benzene rings is 2. The molecule has 2 amide bonds. The molecule has 1 aromatic heterocycles. The Balaban J connectivity index is 1.70. The first-order chi connectivity index (χ1) is 13.9. The number of carbonyl (C=O) groups excluding carboxylic acids is 2. The van der Waals surface area contributed by atoms with Crippen LogP contribution >= 0.6 is 12.2 Å². The highest BCUT2D eigenvalue weighted by atomic mass is 32.1. The maximum atomic E-state index is 13.2. The van der Waals surface area contributed by atoms with Crippen LogP contribution in [-0.4, -0.2) is 21.5 Å². The zero-order valence-corrected chi connectivity index (χ0v) is 16.9.